The number of aliphatic hydroxyl groups excluding tert-OH is 1. The molecule has 1 amide bonds. The van der Waals surface area contributed by atoms with Gasteiger partial charge in [-0.05, 0) is 30.2 Å². The highest BCUT2D eigenvalue weighted by molar-refractivity contribution is 5.92. The van der Waals surface area contributed by atoms with Crippen LogP contribution in [0, 0.1) is 5.82 Å². The Labute approximate surface area is 132 Å². The highest BCUT2D eigenvalue weighted by Crippen LogP contribution is 2.33. The molecule has 0 radical (unpaired) electrons. The van der Waals surface area contributed by atoms with Crippen molar-refractivity contribution in [2.75, 3.05) is 13.7 Å². The molecule has 6 nitrogen and oxygen atoms in total. The first-order valence-corrected chi connectivity index (χ1v) is 7.20. The number of likely N-dealkylation sites (tertiary alicyclic amines) is 1. The molecule has 2 aromatic rings. The summed E-state index contributed by atoms with van der Waals surface area (Å²) in [6.45, 7) is 0.174. The zero-order valence-corrected chi connectivity index (χ0v) is 12.5. The monoisotopic (exact) mass is 317 g/mol. The SMILES string of the molecule is COc1ccc(C(=O)N2C[C@@H](O)C[C@H]2c2cccc(F)c2)nn1. The summed E-state index contributed by atoms with van der Waals surface area (Å²) in [4.78, 5) is 14.1. The Hall–Kier alpha value is -2.54. The maximum Gasteiger partial charge on any atom is 0.274 e. The number of hydrogen-bond acceptors (Lipinski definition) is 5. The van der Waals surface area contributed by atoms with Gasteiger partial charge in [0.15, 0.2) is 5.69 Å². The van der Waals surface area contributed by atoms with Crippen LogP contribution in [-0.2, 0) is 0 Å². The number of nitrogens with zero attached hydrogens (tertiary/aromatic N) is 3. The molecular formula is C16H16FN3O3. The Morgan fingerprint density at radius 1 is 1.35 bits per heavy atom. The smallest absolute Gasteiger partial charge is 0.274 e. The Bertz CT molecular complexity index is 708. The van der Waals surface area contributed by atoms with Crippen LogP contribution >= 0.6 is 0 Å². The molecule has 23 heavy (non-hydrogen) atoms. The number of benzene rings is 1. The minimum absolute atomic E-state index is 0.154. The highest BCUT2D eigenvalue weighted by Gasteiger charge is 2.36. The van der Waals surface area contributed by atoms with E-state index in [1.54, 1.807) is 18.2 Å². The van der Waals surface area contributed by atoms with Gasteiger partial charge in [0.1, 0.15) is 5.82 Å². The van der Waals surface area contributed by atoms with E-state index in [0.29, 0.717) is 17.9 Å². The summed E-state index contributed by atoms with van der Waals surface area (Å²) in [6, 6.07) is 8.72. The molecule has 0 spiro atoms. The van der Waals surface area contributed by atoms with Crippen LogP contribution in [0.4, 0.5) is 4.39 Å². The first kappa shape index (κ1) is 15.4. The van der Waals surface area contributed by atoms with E-state index < -0.39 is 12.1 Å². The topological polar surface area (TPSA) is 75.5 Å². The van der Waals surface area contributed by atoms with Crippen molar-refractivity contribution in [2.24, 2.45) is 0 Å². The fourth-order valence-electron chi connectivity index (χ4n) is 2.76. The zero-order valence-electron chi connectivity index (χ0n) is 12.5. The first-order chi connectivity index (χ1) is 11.1. The van der Waals surface area contributed by atoms with Gasteiger partial charge in [-0.3, -0.25) is 4.79 Å². The number of aromatic nitrogens is 2. The number of carbonyl (C=O) groups excluding carboxylic acids is 1. The standard InChI is InChI=1S/C16H16FN3O3/c1-23-15-6-5-13(18-19-15)16(22)20-9-12(21)8-14(20)10-3-2-4-11(17)7-10/h2-7,12,14,21H,8-9H2,1H3/t12-,14-/m0/s1. The molecule has 0 unspecified atom stereocenters. The molecule has 2 atom stereocenters. The van der Waals surface area contributed by atoms with Crippen LogP contribution in [0.25, 0.3) is 0 Å². The summed E-state index contributed by atoms with van der Waals surface area (Å²) < 4.78 is 18.4. The van der Waals surface area contributed by atoms with E-state index in [1.165, 1.54) is 30.2 Å². The van der Waals surface area contributed by atoms with Crippen LogP contribution in [0.15, 0.2) is 36.4 Å². The molecule has 1 saturated heterocycles. The Kier molecular flexibility index (Phi) is 4.20. The second-order valence-electron chi connectivity index (χ2n) is 5.38. The van der Waals surface area contributed by atoms with Gasteiger partial charge in [-0.2, -0.15) is 0 Å². The molecule has 7 heteroatoms. The predicted octanol–water partition coefficient (Wildman–Crippen LogP) is 1.57. The van der Waals surface area contributed by atoms with Crippen molar-refractivity contribution in [3.8, 4) is 5.88 Å². The maximum absolute atomic E-state index is 13.5. The van der Waals surface area contributed by atoms with Gasteiger partial charge in [0, 0.05) is 12.6 Å². The maximum atomic E-state index is 13.5. The first-order valence-electron chi connectivity index (χ1n) is 7.20. The molecule has 1 aromatic carbocycles. The van der Waals surface area contributed by atoms with Crippen LogP contribution in [0.2, 0.25) is 0 Å². The number of halogens is 1. The van der Waals surface area contributed by atoms with Crippen molar-refractivity contribution in [1.82, 2.24) is 15.1 Å². The summed E-state index contributed by atoms with van der Waals surface area (Å²) >= 11 is 0. The minimum Gasteiger partial charge on any atom is -0.480 e. The van der Waals surface area contributed by atoms with Crippen LogP contribution in [-0.4, -0.2) is 45.9 Å². The van der Waals surface area contributed by atoms with E-state index in [4.69, 9.17) is 4.74 Å². The molecule has 120 valence electrons. The number of hydrogen-bond donors (Lipinski definition) is 1. The van der Waals surface area contributed by atoms with Gasteiger partial charge in [-0.15, -0.1) is 10.2 Å². The van der Waals surface area contributed by atoms with E-state index in [2.05, 4.69) is 10.2 Å². The molecule has 1 aliphatic rings. The second-order valence-corrected chi connectivity index (χ2v) is 5.38. The van der Waals surface area contributed by atoms with Crippen LogP contribution in [0.5, 0.6) is 5.88 Å². The third-order valence-electron chi connectivity index (χ3n) is 3.84. The summed E-state index contributed by atoms with van der Waals surface area (Å²) in [6.07, 6.45) is -0.294. The van der Waals surface area contributed by atoms with Crippen molar-refractivity contribution in [3.63, 3.8) is 0 Å². The lowest BCUT2D eigenvalue weighted by Crippen LogP contribution is -2.32. The van der Waals surface area contributed by atoms with Gasteiger partial charge in [0.05, 0.1) is 19.3 Å². The van der Waals surface area contributed by atoms with Crippen LogP contribution < -0.4 is 4.74 Å². The number of β-amino-alcohol motifs (C(OH)–C–C–N with tert-alkyl or cyclic N) is 1. The van der Waals surface area contributed by atoms with Crippen LogP contribution in [0.1, 0.15) is 28.5 Å². The van der Waals surface area contributed by atoms with E-state index >= 15 is 0 Å². The number of aliphatic hydroxyl groups is 1. The average molecular weight is 317 g/mol. The number of methoxy groups -OCH3 is 1. The third kappa shape index (κ3) is 3.14. The summed E-state index contributed by atoms with van der Waals surface area (Å²) in [5.74, 6) is -0.420. The zero-order chi connectivity index (χ0) is 16.4. The van der Waals surface area contributed by atoms with Gasteiger partial charge in [-0.1, -0.05) is 12.1 Å². The lowest BCUT2D eigenvalue weighted by molar-refractivity contribution is 0.0708. The number of carbonyl (C=O) groups is 1. The molecule has 2 heterocycles. The lowest BCUT2D eigenvalue weighted by Gasteiger charge is -2.24. The fraction of sp³-hybridized carbons (Fsp3) is 0.312. The van der Waals surface area contributed by atoms with Gasteiger partial charge in [-0.25, -0.2) is 4.39 Å². The van der Waals surface area contributed by atoms with Crippen molar-refractivity contribution in [3.05, 3.63) is 53.5 Å². The van der Waals surface area contributed by atoms with E-state index in [9.17, 15) is 14.3 Å². The third-order valence-corrected chi connectivity index (χ3v) is 3.84. The van der Waals surface area contributed by atoms with Crippen LogP contribution in [0.3, 0.4) is 0 Å². The van der Waals surface area contributed by atoms with E-state index in [1.807, 2.05) is 0 Å². The molecular weight excluding hydrogens is 301 g/mol. The Morgan fingerprint density at radius 2 is 2.17 bits per heavy atom. The highest BCUT2D eigenvalue weighted by atomic mass is 19.1. The average Bonchev–Trinajstić information content (AvgIpc) is 2.96. The number of rotatable bonds is 3. The second kappa shape index (κ2) is 6.29. The molecule has 0 aliphatic carbocycles. The molecule has 1 aliphatic heterocycles. The van der Waals surface area contributed by atoms with Gasteiger partial charge in [0.25, 0.3) is 5.91 Å². The summed E-state index contributed by atoms with van der Waals surface area (Å²) in [5.41, 5.74) is 0.803. The van der Waals surface area contributed by atoms with Crippen molar-refractivity contribution in [1.29, 1.82) is 0 Å². The molecule has 1 N–H and O–H groups in total. The molecule has 0 bridgehead atoms. The van der Waals surface area contributed by atoms with E-state index in [-0.39, 0.29) is 24.0 Å². The van der Waals surface area contributed by atoms with Crippen molar-refractivity contribution < 1.29 is 19.0 Å². The Morgan fingerprint density at radius 3 is 2.83 bits per heavy atom. The predicted molar refractivity (Wildman–Crippen MR) is 79.4 cm³/mol. The number of ether oxygens (including phenoxy) is 1. The molecule has 1 fully saturated rings. The lowest BCUT2D eigenvalue weighted by atomic mass is 10.0. The summed E-state index contributed by atoms with van der Waals surface area (Å²) in [7, 11) is 1.46. The minimum atomic E-state index is -0.654. The van der Waals surface area contributed by atoms with E-state index in [0.717, 1.165) is 0 Å². The summed E-state index contributed by atoms with van der Waals surface area (Å²) in [5, 5.41) is 17.6. The molecule has 0 saturated carbocycles. The fourth-order valence-corrected chi connectivity index (χ4v) is 2.76. The van der Waals surface area contributed by atoms with Crippen molar-refractivity contribution in [2.45, 2.75) is 18.6 Å². The Balaban J connectivity index is 1.87. The molecule has 1 aromatic heterocycles. The number of amides is 1. The quantitative estimate of drug-likeness (QED) is 0.930. The molecule has 3 rings (SSSR count). The van der Waals surface area contributed by atoms with Gasteiger partial charge >= 0.3 is 0 Å². The van der Waals surface area contributed by atoms with Gasteiger partial charge < -0.3 is 14.7 Å². The van der Waals surface area contributed by atoms with Gasteiger partial charge in [0.2, 0.25) is 5.88 Å². The van der Waals surface area contributed by atoms with Crippen molar-refractivity contribution >= 4 is 5.91 Å². The normalized spacial score (nSPS) is 20.6. The largest absolute Gasteiger partial charge is 0.480 e.